The van der Waals surface area contributed by atoms with E-state index in [2.05, 4.69) is 15.0 Å². The highest BCUT2D eigenvalue weighted by Crippen LogP contribution is 2.31. The van der Waals surface area contributed by atoms with Crippen LogP contribution >= 0.6 is 0 Å². The molecule has 0 aliphatic carbocycles. The Balaban J connectivity index is 1.36. The molecule has 11 heteroatoms. The Bertz CT molecular complexity index is 1520. The second kappa shape index (κ2) is 9.02. The van der Waals surface area contributed by atoms with E-state index in [0.717, 1.165) is 22.8 Å². The summed E-state index contributed by atoms with van der Waals surface area (Å²) < 4.78 is 27.7. The van der Waals surface area contributed by atoms with Crippen molar-refractivity contribution >= 4 is 32.5 Å². The van der Waals surface area contributed by atoms with Crippen LogP contribution in [-0.2, 0) is 16.4 Å². The molecule has 3 aromatic rings. The van der Waals surface area contributed by atoms with Gasteiger partial charge in [0.2, 0.25) is 5.43 Å². The van der Waals surface area contributed by atoms with Crippen molar-refractivity contribution in [3.05, 3.63) is 51.2 Å². The van der Waals surface area contributed by atoms with Gasteiger partial charge in [-0.2, -0.15) is 5.10 Å². The van der Waals surface area contributed by atoms with Crippen LogP contribution < -0.4 is 10.3 Å². The molecule has 3 aromatic heterocycles. The minimum Gasteiger partial charge on any atom is -0.365 e. The first-order valence-electron chi connectivity index (χ1n) is 12.4. The summed E-state index contributed by atoms with van der Waals surface area (Å²) >= 11 is 0. The van der Waals surface area contributed by atoms with Crippen molar-refractivity contribution in [1.29, 1.82) is 0 Å². The van der Waals surface area contributed by atoms with Crippen LogP contribution in [0.2, 0.25) is 0 Å². The second-order valence-electron chi connectivity index (χ2n) is 9.78. The van der Waals surface area contributed by atoms with Crippen molar-refractivity contribution in [1.82, 2.24) is 24.2 Å². The number of anilines is 1. The number of carbonyl (C=O) groups excluding carboxylic acids is 1. The molecule has 0 radical (unpaired) electrons. The average molecular weight is 513 g/mol. The molecule has 36 heavy (non-hydrogen) atoms. The van der Waals surface area contributed by atoms with Crippen LogP contribution in [0.4, 0.5) is 5.69 Å². The predicted octanol–water partition coefficient (Wildman–Crippen LogP) is 1.86. The Morgan fingerprint density at radius 1 is 1.11 bits per heavy atom. The van der Waals surface area contributed by atoms with E-state index in [0.29, 0.717) is 50.2 Å². The van der Waals surface area contributed by atoms with E-state index in [1.165, 1.54) is 0 Å². The van der Waals surface area contributed by atoms with E-state index in [4.69, 9.17) is 0 Å². The summed E-state index contributed by atoms with van der Waals surface area (Å²) in [7, 11) is -3.01. The minimum absolute atomic E-state index is 0.128. The molecule has 2 aliphatic heterocycles. The Morgan fingerprint density at radius 2 is 1.83 bits per heavy atom. The molecule has 0 N–H and O–H groups in total. The monoisotopic (exact) mass is 512 g/mol. The standard InChI is InChI=1S/C25H32N6O4S/c1-5-28-14-21(23(32)20-7-6-16(2)26-24(20)28)25(33)30-11-9-29(10-12-30)22-17(3)27-31(18(22)4)19-8-13-36(34,35)15-19/h6-7,14,19H,5,8-13,15H2,1-4H3. The first-order chi connectivity index (χ1) is 17.1. The SMILES string of the molecule is CCn1cc(C(=O)N2CCN(c3c(C)nn(C4CCS(=O)(=O)C4)c3C)CC2)c(=O)c2ccc(C)nc21. The fourth-order valence-corrected chi connectivity index (χ4v) is 7.18. The Labute approximate surface area is 210 Å². The third-order valence-electron chi connectivity index (χ3n) is 7.36. The van der Waals surface area contributed by atoms with E-state index in [1.807, 2.05) is 36.9 Å². The van der Waals surface area contributed by atoms with Gasteiger partial charge in [0.25, 0.3) is 5.91 Å². The van der Waals surface area contributed by atoms with Gasteiger partial charge in [0, 0.05) is 44.6 Å². The summed E-state index contributed by atoms with van der Waals surface area (Å²) in [6, 6.07) is 3.42. The summed E-state index contributed by atoms with van der Waals surface area (Å²) in [6.07, 6.45) is 2.22. The van der Waals surface area contributed by atoms with Gasteiger partial charge in [-0.1, -0.05) is 0 Å². The fraction of sp³-hybridized carbons (Fsp3) is 0.520. The van der Waals surface area contributed by atoms with Crippen LogP contribution in [0.5, 0.6) is 0 Å². The molecule has 0 aromatic carbocycles. The molecule has 1 atom stereocenters. The van der Waals surface area contributed by atoms with Crippen LogP contribution in [0, 0.1) is 20.8 Å². The predicted molar refractivity (Wildman–Crippen MR) is 139 cm³/mol. The number of aryl methyl sites for hydroxylation is 3. The number of sulfone groups is 1. The van der Waals surface area contributed by atoms with Gasteiger partial charge in [-0.05, 0) is 46.2 Å². The van der Waals surface area contributed by atoms with Crippen molar-refractivity contribution < 1.29 is 13.2 Å². The topological polar surface area (TPSA) is 110 Å². The van der Waals surface area contributed by atoms with E-state index in [9.17, 15) is 18.0 Å². The summed E-state index contributed by atoms with van der Waals surface area (Å²) in [5, 5.41) is 5.14. The molecule has 2 saturated heterocycles. The summed E-state index contributed by atoms with van der Waals surface area (Å²) in [6.45, 7) is 10.6. The number of rotatable bonds is 4. The molecule has 192 valence electrons. The Hall–Kier alpha value is -3.21. The fourth-order valence-electron chi connectivity index (χ4n) is 5.49. The maximum atomic E-state index is 13.4. The van der Waals surface area contributed by atoms with Crippen molar-refractivity contribution in [2.24, 2.45) is 0 Å². The minimum atomic E-state index is -3.01. The largest absolute Gasteiger partial charge is 0.365 e. The molecule has 0 bridgehead atoms. The number of amides is 1. The number of hydrogen-bond acceptors (Lipinski definition) is 7. The molecule has 0 spiro atoms. The van der Waals surface area contributed by atoms with Crippen LogP contribution in [0.15, 0.2) is 23.1 Å². The number of aromatic nitrogens is 4. The number of nitrogens with zero attached hydrogens (tertiary/aromatic N) is 6. The molecular formula is C25H32N6O4S. The zero-order valence-electron chi connectivity index (χ0n) is 21.2. The molecule has 5 heterocycles. The van der Waals surface area contributed by atoms with Crippen molar-refractivity contribution in [3.63, 3.8) is 0 Å². The lowest BCUT2D eigenvalue weighted by atomic mass is 10.1. The van der Waals surface area contributed by atoms with Crippen LogP contribution in [0.1, 0.15) is 46.8 Å². The van der Waals surface area contributed by atoms with Crippen LogP contribution in [0.3, 0.4) is 0 Å². The number of hydrogen-bond donors (Lipinski definition) is 0. The summed E-state index contributed by atoms with van der Waals surface area (Å²) in [4.78, 5) is 35.0. The quantitative estimate of drug-likeness (QED) is 0.525. The van der Waals surface area contributed by atoms with Gasteiger partial charge in [-0.15, -0.1) is 0 Å². The summed E-state index contributed by atoms with van der Waals surface area (Å²) in [5.74, 6) is 0.0768. The number of carbonyl (C=O) groups is 1. The molecule has 2 aliphatic rings. The first-order valence-corrected chi connectivity index (χ1v) is 14.2. The van der Waals surface area contributed by atoms with E-state index in [-0.39, 0.29) is 34.4 Å². The Morgan fingerprint density at radius 3 is 2.47 bits per heavy atom. The van der Waals surface area contributed by atoms with Crippen LogP contribution in [-0.4, -0.2) is 76.2 Å². The molecule has 10 nitrogen and oxygen atoms in total. The van der Waals surface area contributed by atoms with Crippen molar-refractivity contribution in [2.75, 3.05) is 42.6 Å². The zero-order chi connectivity index (χ0) is 25.8. The molecule has 0 saturated carbocycles. The van der Waals surface area contributed by atoms with E-state index < -0.39 is 9.84 Å². The van der Waals surface area contributed by atoms with Gasteiger partial charge in [0.15, 0.2) is 9.84 Å². The first kappa shape index (κ1) is 24.5. The highest BCUT2D eigenvalue weighted by atomic mass is 32.2. The highest BCUT2D eigenvalue weighted by molar-refractivity contribution is 7.91. The third kappa shape index (κ3) is 4.19. The van der Waals surface area contributed by atoms with Gasteiger partial charge >= 0.3 is 0 Å². The van der Waals surface area contributed by atoms with Crippen LogP contribution in [0.25, 0.3) is 11.0 Å². The highest BCUT2D eigenvalue weighted by Gasteiger charge is 2.33. The molecule has 1 amide bonds. The lowest BCUT2D eigenvalue weighted by Crippen LogP contribution is -2.50. The number of pyridine rings is 2. The van der Waals surface area contributed by atoms with Gasteiger partial charge < -0.3 is 14.4 Å². The molecule has 2 fully saturated rings. The number of piperazine rings is 1. The number of fused-ring (bicyclic) bond motifs is 1. The second-order valence-corrected chi connectivity index (χ2v) is 12.0. The summed E-state index contributed by atoms with van der Waals surface area (Å²) in [5.41, 5.74) is 4.13. The maximum absolute atomic E-state index is 13.4. The van der Waals surface area contributed by atoms with E-state index in [1.54, 1.807) is 23.2 Å². The van der Waals surface area contributed by atoms with Gasteiger partial charge in [-0.25, -0.2) is 13.4 Å². The third-order valence-corrected chi connectivity index (χ3v) is 9.11. The lowest BCUT2D eigenvalue weighted by Gasteiger charge is -2.36. The molecule has 5 rings (SSSR count). The Kier molecular flexibility index (Phi) is 6.14. The van der Waals surface area contributed by atoms with Gasteiger partial charge in [0.05, 0.1) is 40.0 Å². The van der Waals surface area contributed by atoms with Crippen molar-refractivity contribution in [2.45, 2.75) is 46.7 Å². The lowest BCUT2D eigenvalue weighted by molar-refractivity contribution is 0.0745. The average Bonchev–Trinajstić information content (AvgIpc) is 3.36. The van der Waals surface area contributed by atoms with E-state index >= 15 is 0 Å². The smallest absolute Gasteiger partial charge is 0.259 e. The maximum Gasteiger partial charge on any atom is 0.259 e. The normalized spacial score (nSPS) is 19.8. The zero-order valence-corrected chi connectivity index (χ0v) is 22.0. The van der Waals surface area contributed by atoms with Gasteiger partial charge in [0.1, 0.15) is 11.2 Å². The van der Waals surface area contributed by atoms with Crippen molar-refractivity contribution in [3.8, 4) is 0 Å². The molecule has 1 unspecified atom stereocenters. The molecular weight excluding hydrogens is 480 g/mol. The van der Waals surface area contributed by atoms with Gasteiger partial charge in [-0.3, -0.25) is 14.3 Å².